The molecule has 0 aliphatic heterocycles. The van der Waals surface area contributed by atoms with Crippen molar-refractivity contribution in [3.05, 3.63) is 68.7 Å². The number of hydrogen-bond acceptors (Lipinski definition) is 2. The van der Waals surface area contributed by atoms with Crippen molar-refractivity contribution in [2.75, 3.05) is 0 Å². The van der Waals surface area contributed by atoms with Crippen molar-refractivity contribution in [1.29, 1.82) is 0 Å². The van der Waals surface area contributed by atoms with Gasteiger partial charge in [-0.05, 0) is 61.1 Å². The molecule has 0 heterocycles. The molecule has 2 aromatic rings. The van der Waals surface area contributed by atoms with Crippen LogP contribution >= 0.6 is 23.2 Å². The normalized spacial score (nSPS) is 12.4. The van der Waals surface area contributed by atoms with E-state index in [1.165, 1.54) is 16.7 Å². The molecular weight excluding hydrogens is 303 g/mol. The Hall–Kier alpha value is -1.06. The van der Waals surface area contributed by atoms with E-state index in [2.05, 4.69) is 37.5 Å². The van der Waals surface area contributed by atoms with Gasteiger partial charge in [-0.25, -0.2) is 0 Å². The van der Waals surface area contributed by atoms with Gasteiger partial charge >= 0.3 is 0 Å². The summed E-state index contributed by atoms with van der Waals surface area (Å²) in [4.78, 5) is 0. The standard InChI is InChI=1S/C17H20Cl2N2/c1-11-5-3-6-12(2)14(11)9-13(21-20)10-15-16(18)7-4-8-17(15)19/h3-8,13,21H,9-10,20H2,1-2H3. The highest BCUT2D eigenvalue weighted by molar-refractivity contribution is 6.36. The molecule has 0 spiro atoms. The third-order valence-corrected chi connectivity index (χ3v) is 4.55. The first-order valence-electron chi connectivity index (χ1n) is 6.97. The van der Waals surface area contributed by atoms with Crippen LogP contribution in [0.2, 0.25) is 10.0 Å². The van der Waals surface area contributed by atoms with Gasteiger partial charge in [-0.15, -0.1) is 0 Å². The number of rotatable bonds is 5. The van der Waals surface area contributed by atoms with Gasteiger partial charge in [-0.3, -0.25) is 11.3 Å². The van der Waals surface area contributed by atoms with E-state index >= 15 is 0 Å². The minimum atomic E-state index is 0.0854. The predicted molar refractivity (Wildman–Crippen MR) is 90.9 cm³/mol. The third-order valence-electron chi connectivity index (χ3n) is 3.84. The van der Waals surface area contributed by atoms with Crippen LogP contribution < -0.4 is 11.3 Å². The van der Waals surface area contributed by atoms with E-state index in [1.54, 1.807) is 0 Å². The van der Waals surface area contributed by atoms with E-state index in [-0.39, 0.29) is 6.04 Å². The predicted octanol–water partition coefficient (Wildman–Crippen LogP) is 4.23. The van der Waals surface area contributed by atoms with E-state index in [4.69, 9.17) is 29.0 Å². The molecule has 0 aliphatic rings. The first-order valence-corrected chi connectivity index (χ1v) is 7.72. The second-order valence-electron chi connectivity index (χ2n) is 5.34. The molecule has 1 atom stereocenters. The number of aryl methyl sites for hydroxylation is 2. The maximum absolute atomic E-state index is 6.24. The van der Waals surface area contributed by atoms with Gasteiger partial charge in [0.1, 0.15) is 0 Å². The van der Waals surface area contributed by atoms with Gasteiger partial charge in [0.2, 0.25) is 0 Å². The van der Waals surface area contributed by atoms with Crippen molar-refractivity contribution in [1.82, 2.24) is 5.43 Å². The Morgan fingerprint density at radius 2 is 1.38 bits per heavy atom. The molecule has 0 radical (unpaired) electrons. The Morgan fingerprint density at radius 1 is 0.905 bits per heavy atom. The largest absolute Gasteiger partial charge is 0.271 e. The molecule has 3 N–H and O–H groups in total. The van der Waals surface area contributed by atoms with Crippen molar-refractivity contribution in [2.45, 2.75) is 32.7 Å². The first-order chi connectivity index (χ1) is 10.0. The van der Waals surface area contributed by atoms with Crippen LogP contribution in [0, 0.1) is 13.8 Å². The fourth-order valence-corrected chi connectivity index (χ4v) is 3.13. The molecular formula is C17H20Cl2N2. The van der Waals surface area contributed by atoms with E-state index < -0.39 is 0 Å². The number of nitrogens with two attached hydrogens (primary N) is 1. The molecule has 2 aromatic carbocycles. The Bertz CT molecular complexity index is 532. The summed E-state index contributed by atoms with van der Waals surface area (Å²) >= 11 is 12.5. The quantitative estimate of drug-likeness (QED) is 0.638. The summed E-state index contributed by atoms with van der Waals surface area (Å²) in [6, 6.07) is 12.0. The highest BCUT2D eigenvalue weighted by Crippen LogP contribution is 2.26. The third kappa shape index (κ3) is 3.98. The van der Waals surface area contributed by atoms with Crippen LogP contribution in [0.25, 0.3) is 0 Å². The monoisotopic (exact) mass is 322 g/mol. The number of hydrogen-bond donors (Lipinski definition) is 2. The molecule has 1 unspecified atom stereocenters. The van der Waals surface area contributed by atoms with Crippen molar-refractivity contribution in [3.8, 4) is 0 Å². The summed E-state index contributed by atoms with van der Waals surface area (Å²) in [5.74, 6) is 5.73. The van der Waals surface area contributed by atoms with Crippen molar-refractivity contribution in [3.63, 3.8) is 0 Å². The van der Waals surface area contributed by atoms with Gasteiger partial charge in [-0.1, -0.05) is 47.5 Å². The maximum Gasteiger partial charge on any atom is 0.0453 e. The molecule has 0 saturated heterocycles. The summed E-state index contributed by atoms with van der Waals surface area (Å²) in [6.45, 7) is 4.25. The average Bonchev–Trinajstić information content (AvgIpc) is 2.45. The van der Waals surface area contributed by atoms with Crippen LogP contribution in [0.1, 0.15) is 22.3 Å². The van der Waals surface area contributed by atoms with Gasteiger partial charge in [0.25, 0.3) is 0 Å². The zero-order chi connectivity index (χ0) is 15.4. The van der Waals surface area contributed by atoms with Crippen LogP contribution in [-0.2, 0) is 12.8 Å². The fraction of sp³-hybridized carbons (Fsp3) is 0.294. The second kappa shape index (κ2) is 7.28. The van der Waals surface area contributed by atoms with Crippen molar-refractivity contribution < 1.29 is 0 Å². The van der Waals surface area contributed by atoms with Crippen LogP contribution in [0.15, 0.2) is 36.4 Å². The topological polar surface area (TPSA) is 38.0 Å². The summed E-state index contributed by atoms with van der Waals surface area (Å²) in [7, 11) is 0. The highest BCUT2D eigenvalue weighted by atomic mass is 35.5. The lowest BCUT2D eigenvalue weighted by Gasteiger charge is -2.20. The Labute approximate surface area is 136 Å². The molecule has 0 aliphatic carbocycles. The summed E-state index contributed by atoms with van der Waals surface area (Å²) in [5, 5.41) is 1.37. The second-order valence-corrected chi connectivity index (χ2v) is 6.16. The minimum Gasteiger partial charge on any atom is -0.271 e. The Morgan fingerprint density at radius 3 is 1.90 bits per heavy atom. The molecule has 2 rings (SSSR count). The lowest BCUT2D eigenvalue weighted by atomic mass is 9.93. The lowest BCUT2D eigenvalue weighted by molar-refractivity contribution is 0.521. The fourth-order valence-electron chi connectivity index (χ4n) is 2.58. The average molecular weight is 323 g/mol. The van der Waals surface area contributed by atoms with Crippen LogP contribution in [0.3, 0.4) is 0 Å². The Balaban J connectivity index is 2.21. The van der Waals surface area contributed by atoms with Crippen molar-refractivity contribution >= 4 is 23.2 Å². The van der Waals surface area contributed by atoms with Gasteiger partial charge in [0.05, 0.1) is 0 Å². The number of hydrazine groups is 1. The van der Waals surface area contributed by atoms with Gasteiger partial charge in [0.15, 0.2) is 0 Å². The van der Waals surface area contributed by atoms with Gasteiger partial charge in [-0.2, -0.15) is 0 Å². The molecule has 112 valence electrons. The molecule has 0 saturated carbocycles. The van der Waals surface area contributed by atoms with E-state index in [9.17, 15) is 0 Å². The van der Waals surface area contributed by atoms with E-state index in [0.717, 1.165) is 12.0 Å². The number of benzene rings is 2. The zero-order valence-electron chi connectivity index (χ0n) is 12.3. The van der Waals surface area contributed by atoms with Gasteiger partial charge < -0.3 is 0 Å². The summed E-state index contributed by atoms with van der Waals surface area (Å²) in [6.07, 6.45) is 1.54. The summed E-state index contributed by atoms with van der Waals surface area (Å²) in [5.41, 5.74) is 7.71. The Kier molecular flexibility index (Phi) is 5.65. The van der Waals surface area contributed by atoms with E-state index in [1.807, 2.05) is 18.2 Å². The first kappa shape index (κ1) is 16.3. The number of nitrogens with one attached hydrogen (secondary N) is 1. The molecule has 2 nitrogen and oxygen atoms in total. The molecule has 0 fully saturated rings. The SMILES string of the molecule is Cc1cccc(C)c1CC(Cc1c(Cl)cccc1Cl)NN. The highest BCUT2D eigenvalue weighted by Gasteiger charge is 2.15. The molecule has 0 aromatic heterocycles. The molecule has 21 heavy (non-hydrogen) atoms. The lowest BCUT2D eigenvalue weighted by Crippen LogP contribution is -2.38. The maximum atomic E-state index is 6.24. The zero-order valence-corrected chi connectivity index (χ0v) is 13.8. The smallest absolute Gasteiger partial charge is 0.0453 e. The molecule has 0 amide bonds. The molecule has 0 bridgehead atoms. The minimum absolute atomic E-state index is 0.0854. The van der Waals surface area contributed by atoms with Crippen molar-refractivity contribution in [2.24, 2.45) is 5.84 Å². The summed E-state index contributed by atoms with van der Waals surface area (Å²) < 4.78 is 0. The van der Waals surface area contributed by atoms with Crippen LogP contribution in [0.5, 0.6) is 0 Å². The van der Waals surface area contributed by atoms with E-state index in [0.29, 0.717) is 16.5 Å². The molecule has 4 heteroatoms. The number of halogens is 2. The van der Waals surface area contributed by atoms with Gasteiger partial charge in [0, 0.05) is 16.1 Å². The van der Waals surface area contributed by atoms with Crippen LogP contribution in [-0.4, -0.2) is 6.04 Å². The van der Waals surface area contributed by atoms with Crippen LogP contribution in [0.4, 0.5) is 0 Å².